The molecule has 35 atom stereocenters. The molecule has 0 aromatic carbocycles. The fourth-order valence-electron chi connectivity index (χ4n) is 11.1. The van der Waals surface area contributed by atoms with Crippen LogP contribution in [0.15, 0.2) is 0 Å². The second kappa shape index (κ2) is 27.4. The molecule has 21 saturated heterocycles. The molecule has 21 fully saturated rings. The molecule has 35 heteroatoms. The zero-order valence-corrected chi connectivity index (χ0v) is 44.0. The standard InChI is InChI=1S/C46H79BO34/c1-46(2,3)47-4-11-32-18(54)25(61)39(68-11)76-33-12(5-48)70-41(27(63)20(33)56)78-35-14(7-50)72-43(29(65)22(35)58)80-37-16(9-52)74-45(31(67)24(37)60)81-38-17(10-53)73-44(30(66)23(38)59)79-36-15(8-51)71-42(28(64)21(36)57)77-34-13(6-49)69-40(75-32)26(62)19(34)55/h11-45,47-67H,4-10H2,1-3H3. The van der Waals surface area contributed by atoms with Crippen molar-refractivity contribution in [2.45, 2.75) is 247 Å². The maximum atomic E-state index is 11.7. The lowest BCUT2D eigenvalue weighted by Crippen LogP contribution is -2.68. The normalized spacial score (nSPS) is 53.4. The van der Waals surface area contributed by atoms with E-state index in [0.29, 0.717) is 7.28 Å². The molecular weight excluding hydrogens is 1110 g/mol. The summed E-state index contributed by atoms with van der Waals surface area (Å²) in [6, 6.07) is 0. The molecule has 0 aliphatic carbocycles. The molecule has 0 aromatic rings. The number of hydrogen-bond donors (Lipinski definition) is 20. The fourth-order valence-corrected chi connectivity index (χ4v) is 11.1. The number of aliphatic hydroxyl groups excluding tert-OH is 20. The number of rotatable bonds is 8. The third-order valence-electron chi connectivity index (χ3n) is 15.8. The van der Waals surface area contributed by atoms with Gasteiger partial charge in [-0.15, -0.1) is 0 Å². The van der Waals surface area contributed by atoms with Crippen LogP contribution in [0.4, 0.5) is 0 Å². The van der Waals surface area contributed by atoms with Gasteiger partial charge < -0.3 is 168 Å². The zero-order valence-electron chi connectivity index (χ0n) is 44.0. The van der Waals surface area contributed by atoms with Crippen LogP contribution in [0.2, 0.25) is 11.6 Å². The van der Waals surface area contributed by atoms with Gasteiger partial charge in [0, 0.05) is 0 Å². The van der Waals surface area contributed by atoms with Crippen LogP contribution in [0, 0.1) is 0 Å². The van der Waals surface area contributed by atoms with Crippen LogP contribution in [0.1, 0.15) is 20.8 Å². The van der Waals surface area contributed by atoms with Crippen LogP contribution in [0.3, 0.4) is 0 Å². The van der Waals surface area contributed by atoms with E-state index in [9.17, 15) is 102 Å². The predicted octanol–water partition coefficient (Wildman–Crippen LogP) is -13.1. The summed E-state index contributed by atoms with van der Waals surface area (Å²) < 4.78 is 81.3. The summed E-state index contributed by atoms with van der Waals surface area (Å²) in [5, 5.41) is 222. The highest BCUT2D eigenvalue weighted by molar-refractivity contribution is 6.39. The van der Waals surface area contributed by atoms with Crippen LogP contribution in [0.5, 0.6) is 0 Å². The molecule has 21 rings (SSSR count). The van der Waals surface area contributed by atoms with Crippen LogP contribution in [0.25, 0.3) is 0 Å². The minimum absolute atomic E-state index is 0.0123. The van der Waals surface area contributed by atoms with E-state index in [-0.39, 0.29) is 6.32 Å². The van der Waals surface area contributed by atoms with Gasteiger partial charge in [0.15, 0.2) is 44.0 Å². The first-order chi connectivity index (χ1) is 38.3. The number of hydrogen-bond acceptors (Lipinski definition) is 34. The second-order valence-electron chi connectivity index (χ2n) is 22.6. The molecule has 34 nitrogen and oxygen atoms in total. The van der Waals surface area contributed by atoms with E-state index in [2.05, 4.69) is 0 Å². The molecule has 35 unspecified atom stereocenters. The molecule has 0 amide bonds. The summed E-state index contributed by atoms with van der Waals surface area (Å²) in [7, 11) is 0.326. The minimum atomic E-state index is -2.20. The molecule has 0 radical (unpaired) electrons. The van der Waals surface area contributed by atoms with E-state index in [1.54, 1.807) is 0 Å². The van der Waals surface area contributed by atoms with E-state index in [4.69, 9.17) is 66.3 Å². The summed E-state index contributed by atoms with van der Waals surface area (Å²) in [6.45, 7) is -0.545. The molecule has 20 N–H and O–H groups in total. The van der Waals surface area contributed by atoms with Crippen molar-refractivity contribution in [3.05, 3.63) is 0 Å². The maximum absolute atomic E-state index is 11.7. The third kappa shape index (κ3) is 13.6. The van der Waals surface area contributed by atoms with E-state index in [1.165, 1.54) is 0 Å². The van der Waals surface area contributed by atoms with Crippen molar-refractivity contribution in [2.24, 2.45) is 0 Å². The first kappa shape index (κ1) is 65.7. The SMILES string of the molecule is CC(C)(C)BCC1OC2OC3C(CO)OC(OC4C(CO)OC(OC5C(CO)OC(OC6C(CO)OC(OC7C(CO)OC(OC8C(CO)OC(OC1C(O)C2O)C(O)C8O)C(O)C7O)C(O)C6O)C(O)C5O)C(O)C4O)C(O)C3O. The van der Waals surface area contributed by atoms with Gasteiger partial charge in [0.1, 0.15) is 172 Å². The van der Waals surface area contributed by atoms with Crippen molar-refractivity contribution >= 4 is 7.28 Å². The van der Waals surface area contributed by atoms with Crippen molar-refractivity contribution in [2.75, 3.05) is 39.6 Å². The van der Waals surface area contributed by atoms with Crippen molar-refractivity contribution < 1.29 is 168 Å². The van der Waals surface area contributed by atoms with Crippen molar-refractivity contribution in [1.29, 1.82) is 0 Å². The topological polar surface area (TPSA) is 534 Å². The van der Waals surface area contributed by atoms with Gasteiger partial charge in [0.2, 0.25) is 0 Å². The van der Waals surface area contributed by atoms with Gasteiger partial charge in [0.25, 0.3) is 0 Å². The Balaban J connectivity index is 1.10. The van der Waals surface area contributed by atoms with Crippen molar-refractivity contribution in [1.82, 2.24) is 0 Å². The Bertz CT molecular complexity index is 1940. The second-order valence-corrected chi connectivity index (χ2v) is 22.6. The summed E-state index contributed by atoms with van der Waals surface area (Å²) in [6.07, 6.45) is -68.4. The maximum Gasteiger partial charge on any atom is 0.187 e. The molecule has 470 valence electrons. The van der Waals surface area contributed by atoms with Crippen LogP contribution < -0.4 is 0 Å². The van der Waals surface area contributed by atoms with Gasteiger partial charge >= 0.3 is 0 Å². The third-order valence-corrected chi connectivity index (χ3v) is 15.8. The van der Waals surface area contributed by atoms with Crippen LogP contribution >= 0.6 is 0 Å². The summed E-state index contributed by atoms with van der Waals surface area (Å²) in [4.78, 5) is 0. The Hall–Kier alpha value is -1.30. The van der Waals surface area contributed by atoms with E-state index >= 15 is 0 Å². The Morgan fingerprint density at radius 2 is 0.383 bits per heavy atom. The van der Waals surface area contributed by atoms with Crippen molar-refractivity contribution in [3.63, 3.8) is 0 Å². The predicted molar refractivity (Wildman–Crippen MR) is 253 cm³/mol. The Labute approximate surface area is 462 Å². The monoisotopic (exact) mass is 1190 g/mol. The molecular formula is C46H79BO34. The quantitative estimate of drug-likeness (QED) is 0.100. The Kier molecular flexibility index (Phi) is 22.2. The molecule has 0 saturated carbocycles. The molecule has 0 spiro atoms. The molecule has 21 aliphatic rings. The fraction of sp³-hybridized carbons (Fsp3) is 1.00. The average molecular weight is 1190 g/mol. The number of aliphatic hydroxyl groups is 20. The minimum Gasteiger partial charge on any atom is -0.394 e. The van der Waals surface area contributed by atoms with Gasteiger partial charge in [-0.05, 0) is 6.32 Å². The molecule has 14 bridgehead atoms. The van der Waals surface area contributed by atoms with Gasteiger partial charge in [0.05, 0.1) is 45.7 Å². The highest BCUT2D eigenvalue weighted by Crippen LogP contribution is 2.40. The lowest BCUT2D eigenvalue weighted by atomic mass is 9.52. The summed E-state index contributed by atoms with van der Waals surface area (Å²) >= 11 is 0. The van der Waals surface area contributed by atoms with Crippen LogP contribution in [-0.4, -0.2) is 364 Å². The Morgan fingerprint density at radius 1 is 0.235 bits per heavy atom. The average Bonchev–Trinajstić information content (AvgIpc) is 3.48. The van der Waals surface area contributed by atoms with E-state index < -0.39 is 260 Å². The zero-order chi connectivity index (χ0) is 59.3. The van der Waals surface area contributed by atoms with Crippen LogP contribution in [-0.2, 0) is 66.3 Å². The van der Waals surface area contributed by atoms with Gasteiger partial charge in [-0.3, -0.25) is 0 Å². The van der Waals surface area contributed by atoms with Crippen molar-refractivity contribution in [3.8, 4) is 0 Å². The van der Waals surface area contributed by atoms with Gasteiger partial charge in [-0.2, -0.15) is 0 Å². The first-order valence-electron chi connectivity index (χ1n) is 26.7. The molecule has 21 aliphatic heterocycles. The van der Waals surface area contributed by atoms with Gasteiger partial charge in [-0.1, -0.05) is 26.1 Å². The van der Waals surface area contributed by atoms with E-state index in [1.807, 2.05) is 20.8 Å². The van der Waals surface area contributed by atoms with E-state index in [0.717, 1.165) is 0 Å². The molecule has 81 heavy (non-hydrogen) atoms. The summed E-state index contributed by atoms with van der Waals surface area (Å²) in [5.41, 5.74) is 0. The summed E-state index contributed by atoms with van der Waals surface area (Å²) in [5.74, 6) is 0. The Morgan fingerprint density at radius 3 is 0.531 bits per heavy atom. The highest BCUT2D eigenvalue weighted by atomic mass is 16.8. The highest BCUT2D eigenvalue weighted by Gasteiger charge is 2.59. The first-order valence-corrected chi connectivity index (χ1v) is 26.7. The van der Waals surface area contributed by atoms with Gasteiger partial charge in [-0.25, -0.2) is 0 Å². The molecule has 0 aromatic heterocycles. The number of ether oxygens (including phenoxy) is 14. The largest absolute Gasteiger partial charge is 0.394 e. The smallest absolute Gasteiger partial charge is 0.187 e. The lowest BCUT2D eigenvalue weighted by molar-refractivity contribution is -0.396. The molecule has 21 heterocycles. The lowest BCUT2D eigenvalue weighted by Gasteiger charge is -2.50.